The van der Waals surface area contributed by atoms with Crippen molar-refractivity contribution in [3.8, 4) is 0 Å². The molecule has 2 aromatic rings. The molecule has 4 heteroatoms. The highest BCUT2D eigenvalue weighted by atomic mass is 35.5. The molecule has 2 nitrogen and oxygen atoms in total. The zero-order valence-electron chi connectivity index (χ0n) is 12.5. The Labute approximate surface area is 141 Å². The maximum atomic E-state index is 12.3. The molecule has 0 amide bonds. The van der Waals surface area contributed by atoms with Crippen molar-refractivity contribution in [3.63, 3.8) is 0 Å². The van der Waals surface area contributed by atoms with Crippen LogP contribution in [0.2, 0.25) is 10.0 Å². The van der Waals surface area contributed by atoms with E-state index in [-0.39, 0.29) is 5.78 Å². The van der Waals surface area contributed by atoms with Gasteiger partial charge in [-0.1, -0.05) is 53.5 Å². The van der Waals surface area contributed by atoms with Crippen LogP contribution >= 0.6 is 23.2 Å². The van der Waals surface area contributed by atoms with E-state index >= 15 is 0 Å². The maximum Gasteiger partial charge on any atom is 0.187 e. The van der Waals surface area contributed by atoms with Crippen LogP contribution in [0.25, 0.3) is 6.08 Å². The summed E-state index contributed by atoms with van der Waals surface area (Å²) in [4.78, 5) is 14.3. The van der Waals surface area contributed by atoms with E-state index < -0.39 is 0 Å². The minimum Gasteiger partial charge on any atom is -0.305 e. The fraction of sp³-hybridized carbons (Fsp3) is 0.167. The first kappa shape index (κ1) is 16.8. The highest BCUT2D eigenvalue weighted by molar-refractivity contribution is 6.37. The number of carbonyl (C=O) groups is 1. The molecule has 0 atom stereocenters. The second-order valence-electron chi connectivity index (χ2n) is 5.26. The Kier molecular flexibility index (Phi) is 5.78. The molecule has 0 N–H and O–H groups in total. The zero-order valence-corrected chi connectivity index (χ0v) is 14.0. The van der Waals surface area contributed by atoms with Crippen molar-refractivity contribution in [1.29, 1.82) is 0 Å². The lowest BCUT2D eigenvalue weighted by Crippen LogP contribution is -2.11. The fourth-order valence-corrected chi connectivity index (χ4v) is 2.63. The van der Waals surface area contributed by atoms with Gasteiger partial charge in [0.1, 0.15) is 0 Å². The average molecular weight is 334 g/mol. The molecule has 0 aromatic heterocycles. The number of rotatable bonds is 5. The van der Waals surface area contributed by atoms with E-state index in [1.807, 2.05) is 38.4 Å². The number of ketones is 1. The molecule has 22 heavy (non-hydrogen) atoms. The minimum absolute atomic E-state index is 0.138. The van der Waals surface area contributed by atoms with Gasteiger partial charge in [-0.25, -0.2) is 0 Å². The maximum absolute atomic E-state index is 12.3. The molecular weight excluding hydrogens is 317 g/mol. The molecule has 0 aliphatic carbocycles. The fourth-order valence-electron chi connectivity index (χ4n) is 2.13. The number of hydrogen-bond acceptors (Lipinski definition) is 2. The largest absolute Gasteiger partial charge is 0.305 e. The summed E-state index contributed by atoms with van der Waals surface area (Å²) in [5.41, 5.74) is 2.64. The van der Waals surface area contributed by atoms with E-state index in [0.29, 0.717) is 15.6 Å². The van der Waals surface area contributed by atoms with E-state index in [1.165, 1.54) is 5.56 Å². The Balaban J connectivity index is 2.23. The number of benzene rings is 2. The molecule has 0 bridgehead atoms. The summed E-state index contributed by atoms with van der Waals surface area (Å²) in [5, 5.41) is 0.880. The third-order valence-electron chi connectivity index (χ3n) is 3.15. The lowest BCUT2D eigenvalue weighted by atomic mass is 10.0. The van der Waals surface area contributed by atoms with Gasteiger partial charge < -0.3 is 4.90 Å². The topological polar surface area (TPSA) is 20.3 Å². The van der Waals surface area contributed by atoms with Gasteiger partial charge in [0.15, 0.2) is 5.78 Å². The summed E-state index contributed by atoms with van der Waals surface area (Å²) in [6.07, 6.45) is 3.37. The first-order chi connectivity index (χ1) is 10.5. The molecule has 0 radical (unpaired) electrons. The van der Waals surface area contributed by atoms with E-state index in [0.717, 1.165) is 12.1 Å². The molecule has 0 aliphatic rings. The van der Waals surface area contributed by atoms with Gasteiger partial charge in [0.2, 0.25) is 0 Å². The molecule has 0 spiro atoms. The molecule has 0 aliphatic heterocycles. The van der Waals surface area contributed by atoms with Crippen LogP contribution in [0.15, 0.2) is 48.5 Å². The van der Waals surface area contributed by atoms with Crippen LogP contribution in [-0.2, 0) is 6.54 Å². The van der Waals surface area contributed by atoms with Gasteiger partial charge in [0, 0.05) is 17.1 Å². The summed E-state index contributed by atoms with van der Waals surface area (Å²) in [6, 6.07) is 12.9. The van der Waals surface area contributed by atoms with Crippen LogP contribution in [0.3, 0.4) is 0 Å². The van der Waals surface area contributed by atoms with Crippen molar-refractivity contribution >= 4 is 35.1 Å². The second-order valence-corrected chi connectivity index (χ2v) is 6.10. The zero-order chi connectivity index (χ0) is 16.1. The Morgan fingerprint density at radius 3 is 2.55 bits per heavy atom. The quantitative estimate of drug-likeness (QED) is 0.569. The Hall–Kier alpha value is -1.61. The van der Waals surface area contributed by atoms with Gasteiger partial charge in [-0.15, -0.1) is 0 Å². The number of nitrogens with zero attached hydrogens (tertiary/aromatic N) is 1. The van der Waals surface area contributed by atoms with Crippen molar-refractivity contribution < 1.29 is 4.79 Å². The number of hydrogen-bond donors (Lipinski definition) is 0. The summed E-state index contributed by atoms with van der Waals surface area (Å²) >= 11 is 11.9. The third kappa shape index (κ3) is 4.44. The normalized spacial score (nSPS) is 11.3. The van der Waals surface area contributed by atoms with Gasteiger partial charge in [0.05, 0.1) is 5.02 Å². The number of allylic oxidation sites excluding steroid dienone is 1. The Morgan fingerprint density at radius 2 is 1.86 bits per heavy atom. The standard InChI is InChI=1S/C18H17Cl2NO/c1-21(2)12-14-6-4-3-5-13(14)7-10-18(22)16-9-8-15(19)11-17(16)20/h3-11H,12H2,1-2H3. The molecule has 0 unspecified atom stereocenters. The summed E-state index contributed by atoms with van der Waals surface area (Å²) in [5.74, 6) is -0.138. The van der Waals surface area contributed by atoms with E-state index in [9.17, 15) is 4.79 Å². The van der Waals surface area contributed by atoms with E-state index in [4.69, 9.17) is 23.2 Å². The van der Waals surface area contributed by atoms with E-state index in [1.54, 1.807) is 24.3 Å². The minimum atomic E-state index is -0.138. The molecule has 2 aromatic carbocycles. The molecule has 0 saturated carbocycles. The summed E-state index contributed by atoms with van der Waals surface area (Å²) in [7, 11) is 4.03. The molecule has 0 saturated heterocycles. The average Bonchev–Trinajstić information content (AvgIpc) is 2.45. The Morgan fingerprint density at radius 1 is 1.14 bits per heavy atom. The number of halogens is 2. The summed E-state index contributed by atoms with van der Waals surface area (Å²) < 4.78 is 0. The Bertz CT molecular complexity index is 708. The highest BCUT2D eigenvalue weighted by Crippen LogP contribution is 2.22. The SMILES string of the molecule is CN(C)Cc1ccccc1C=CC(=O)c1ccc(Cl)cc1Cl. The van der Waals surface area contributed by atoms with Crippen molar-refractivity contribution in [2.45, 2.75) is 6.54 Å². The molecule has 2 rings (SSSR count). The highest BCUT2D eigenvalue weighted by Gasteiger charge is 2.08. The van der Waals surface area contributed by atoms with Crippen LogP contribution in [0.5, 0.6) is 0 Å². The van der Waals surface area contributed by atoms with Crippen molar-refractivity contribution in [3.05, 3.63) is 75.3 Å². The lowest BCUT2D eigenvalue weighted by Gasteiger charge is -2.12. The van der Waals surface area contributed by atoms with Gasteiger partial charge in [-0.3, -0.25) is 4.79 Å². The van der Waals surface area contributed by atoms with Gasteiger partial charge in [0.25, 0.3) is 0 Å². The smallest absolute Gasteiger partial charge is 0.187 e. The van der Waals surface area contributed by atoms with Gasteiger partial charge >= 0.3 is 0 Å². The van der Waals surface area contributed by atoms with Crippen molar-refractivity contribution in [2.75, 3.05) is 14.1 Å². The first-order valence-corrected chi connectivity index (χ1v) is 7.63. The molecule has 0 heterocycles. The van der Waals surface area contributed by atoms with Gasteiger partial charge in [-0.05, 0) is 49.5 Å². The van der Waals surface area contributed by atoms with Crippen molar-refractivity contribution in [1.82, 2.24) is 4.90 Å². The van der Waals surface area contributed by atoms with Crippen molar-refractivity contribution in [2.24, 2.45) is 0 Å². The third-order valence-corrected chi connectivity index (χ3v) is 3.70. The van der Waals surface area contributed by atoms with Gasteiger partial charge in [-0.2, -0.15) is 0 Å². The van der Waals surface area contributed by atoms with Crippen LogP contribution in [0.1, 0.15) is 21.5 Å². The monoisotopic (exact) mass is 333 g/mol. The first-order valence-electron chi connectivity index (χ1n) is 6.87. The number of carbonyl (C=O) groups excluding carboxylic acids is 1. The summed E-state index contributed by atoms with van der Waals surface area (Å²) in [6.45, 7) is 0.816. The lowest BCUT2D eigenvalue weighted by molar-refractivity contribution is 0.104. The van der Waals surface area contributed by atoms with E-state index in [2.05, 4.69) is 11.0 Å². The molecule has 114 valence electrons. The van der Waals surface area contributed by atoms with Crippen LogP contribution < -0.4 is 0 Å². The van der Waals surface area contributed by atoms with Crippen LogP contribution in [0, 0.1) is 0 Å². The molecule has 0 fully saturated rings. The van der Waals surface area contributed by atoms with Crippen LogP contribution in [-0.4, -0.2) is 24.8 Å². The predicted octanol–water partition coefficient (Wildman–Crippen LogP) is 4.95. The second kappa shape index (κ2) is 7.59. The van der Waals surface area contributed by atoms with Crippen LogP contribution in [0.4, 0.5) is 0 Å². The predicted molar refractivity (Wildman–Crippen MR) is 93.7 cm³/mol. The molecular formula is C18H17Cl2NO.